The molecule has 3 N–H and O–H groups in total. The maximum absolute atomic E-state index is 9.55. The minimum absolute atomic E-state index is 0. The molecule has 0 spiro atoms. The zero-order chi connectivity index (χ0) is 9.14. The number of rotatable bonds is 2. The Bertz CT molecular complexity index is 292. The highest BCUT2D eigenvalue weighted by Gasteiger charge is 2.08. The lowest BCUT2D eigenvalue weighted by atomic mass is 10.1. The summed E-state index contributed by atoms with van der Waals surface area (Å²) in [5, 5.41) is 10.2. The molecule has 0 aliphatic rings. The van der Waals surface area contributed by atoms with Crippen LogP contribution in [0.5, 0.6) is 5.75 Å². The van der Waals surface area contributed by atoms with Crippen molar-refractivity contribution in [2.45, 2.75) is 18.8 Å². The van der Waals surface area contributed by atoms with Gasteiger partial charge in [-0.3, -0.25) is 4.98 Å². The second-order valence-electron chi connectivity index (χ2n) is 2.53. The first-order valence-corrected chi connectivity index (χ1v) is 4.75. The number of halogens is 2. The summed E-state index contributed by atoms with van der Waals surface area (Å²) in [7, 11) is 0. The Labute approximate surface area is 96.3 Å². The van der Waals surface area contributed by atoms with E-state index >= 15 is 0 Å². The summed E-state index contributed by atoms with van der Waals surface area (Å²) in [5.41, 5.74) is 7.83. The quantitative estimate of drug-likeness (QED) is 0.822. The Morgan fingerprint density at radius 3 is 2.69 bits per heavy atom. The lowest BCUT2D eigenvalue weighted by Gasteiger charge is -2.08. The van der Waals surface area contributed by atoms with Crippen LogP contribution in [0.25, 0.3) is 0 Å². The number of hydrogen-bond donors (Lipinski definition) is 2. The molecule has 3 nitrogen and oxygen atoms in total. The molecule has 13 heavy (non-hydrogen) atoms. The van der Waals surface area contributed by atoms with Crippen molar-refractivity contribution in [3.8, 4) is 5.75 Å². The molecule has 74 valence electrons. The van der Waals surface area contributed by atoms with Gasteiger partial charge in [-0.05, 0) is 12.5 Å². The van der Waals surface area contributed by atoms with Crippen molar-refractivity contribution in [1.29, 1.82) is 0 Å². The summed E-state index contributed by atoms with van der Waals surface area (Å²) < 4.78 is 0. The van der Waals surface area contributed by atoms with Gasteiger partial charge in [-0.25, -0.2) is 0 Å². The third-order valence-corrected chi connectivity index (χ3v) is 2.38. The molecule has 0 aromatic carbocycles. The standard InChI is InChI=1S/C8H11BrN2O.BrH/c1-5-8(12)7(3-10)6(2-9)4-11-5;/h4,12H,2-3,10H2,1H3;1H. The molecule has 1 aromatic heterocycles. The Hall–Kier alpha value is -0.130. The lowest BCUT2D eigenvalue weighted by Crippen LogP contribution is -2.03. The molecule has 0 aliphatic carbocycles. The third-order valence-electron chi connectivity index (χ3n) is 1.78. The maximum atomic E-state index is 9.55. The van der Waals surface area contributed by atoms with Crippen LogP contribution in [-0.2, 0) is 11.9 Å². The fourth-order valence-corrected chi connectivity index (χ4v) is 1.51. The first-order chi connectivity index (χ1) is 5.70. The van der Waals surface area contributed by atoms with Crippen LogP contribution in [-0.4, -0.2) is 10.1 Å². The first-order valence-electron chi connectivity index (χ1n) is 3.63. The van der Waals surface area contributed by atoms with E-state index < -0.39 is 0 Å². The van der Waals surface area contributed by atoms with Crippen LogP contribution >= 0.6 is 32.9 Å². The number of nitrogens with two attached hydrogens (primary N) is 1. The lowest BCUT2D eigenvalue weighted by molar-refractivity contribution is 0.459. The van der Waals surface area contributed by atoms with Gasteiger partial charge in [0.15, 0.2) is 0 Å². The van der Waals surface area contributed by atoms with Crippen molar-refractivity contribution in [2.75, 3.05) is 0 Å². The van der Waals surface area contributed by atoms with Crippen molar-refractivity contribution >= 4 is 32.9 Å². The van der Waals surface area contributed by atoms with Crippen molar-refractivity contribution in [1.82, 2.24) is 4.98 Å². The van der Waals surface area contributed by atoms with Crippen LogP contribution in [0.4, 0.5) is 0 Å². The average Bonchev–Trinajstić information content (AvgIpc) is 2.09. The molecule has 0 amide bonds. The van der Waals surface area contributed by atoms with E-state index in [2.05, 4.69) is 20.9 Å². The molecule has 0 atom stereocenters. The van der Waals surface area contributed by atoms with Gasteiger partial charge in [0.1, 0.15) is 5.75 Å². The Balaban J connectivity index is 0.00000144. The highest BCUT2D eigenvalue weighted by Crippen LogP contribution is 2.24. The summed E-state index contributed by atoms with van der Waals surface area (Å²) in [6.45, 7) is 2.10. The Morgan fingerprint density at radius 2 is 2.23 bits per heavy atom. The topological polar surface area (TPSA) is 59.1 Å². The van der Waals surface area contributed by atoms with Gasteiger partial charge in [0.2, 0.25) is 0 Å². The molecule has 1 aromatic rings. The van der Waals surface area contributed by atoms with Gasteiger partial charge in [0.25, 0.3) is 0 Å². The van der Waals surface area contributed by atoms with E-state index in [0.29, 0.717) is 17.6 Å². The van der Waals surface area contributed by atoms with Crippen molar-refractivity contribution in [2.24, 2.45) is 5.73 Å². The fraction of sp³-hybridized carbons (Fsp3) is 0.375. The SMILES string of the molecule is Br.Cc1ncc(CBr)c(CN)c1O. The second-order valence-corrected chi connectivity index (χ2v) is 3.09. The number of nitrogens with zero attached hydrogens (tertiary/aromatic N) is 1. The van der Waals surface area contributed by atoms with Crippen LogP contribution < -0.4 is 5.73 Å². The van der Waals surface area contributed by atoms with Crippen LogP contribution in [0.2, 0.25) is 0 Å². The highest BCUT2D eigenvalue weighted by atomic mass is 79.9. The monoisotopic (exact) mass is 310 g/mol. The molecule has 1 heterocycles. The molecule has 0 saturated carbocycles. The Morgan fingerprint density at radius 1 is 1.62 bits per heavy atom. The normalized spacial score (nSPS) is 9.46. The summed E-state index contributed by atoms with van der Waals surface area (Å²) >= 11 is 3.30. The van der Waals surface area contributed by atoms with Crippen LogP contribution in [0.1, 0.15) is 16.8 Å². The van der Waals surface area contributed by atoms with Crippen LogP contribution in [0.15, 0.2) is 6.20 Å². The molecule has 5 heteroatoms. The summed E-state index contributed by atoms with van der Waals surface area (Å²) in [4.78, 5) is 4.02. The third kappa shape index (κ3) is 2.65. The van der Waals surface area contributed by atoms with E-state index in [0.717, 1.165) is 11.1 Å². The van der Waals surface area contributed by atoms with Gasteiger partial charge in [-0.1, -0.05) is 15.9 Å². The number of hydrogen-bond acceptors (Lipinski definition) is 3. The molecule has 0 fully saturated rings. The van der Waals surface area contributed by atoms with Gasteiger partial charge in [-0.15, -0.1) is 17.0 Å². The summed E-state index contributed by atoms with van der Waals surface area (Å²) in [5.74, 6) is 0.217. The largest absolute Gasteiger partial charge is 0.506 e. The minimum atomic E-state index is 0. The number of aryl methyl sites for hydroxylation is 1. The average molecular weight is 312 g/mol. The molecule has 1 rings (SSSR count). The maximum Gasteiger partial charge on any atom is 0.141 e. The zero-order valence-electron chi connectivity index (χ0n) is 7.25. The smallest absolute Gasteiger partial charge is 0.141 e. The predicted molar refractivity (Wildman–Crippen MR) is 61.5 cm³/mol. The molecular weight excluding hydrogens is 300 g/mol. The van der Waals surface area contributed by atoms with E-state index in [1.807, 2.05) is 0 Å². The molecule has 0 radical (unpaired) electrons. The van der Waals surface area contributed by atoms with E-state index in [1.165, 1.54) is 0 Å². The minimum Gasteiger partial charge on any atom is -0.506 e. The van der Waals surface area contributed by atoms with Crippen molar-refractivity contribution in [3.05, 3.63) is 23.0 Å². The summed E-state index contributed by atoms with van der Waals surface area (Å²) in [6.07, 6.45) is 1.73. The molecule has 0 saturated heterocycles. The molecule has 0 unspecified atom stereocenters. The van der Waals surface area contributed by atoms with E-state index in [-0.39, 0.29) is 22.7 Å². The van der Waals surface area contributed by atoms with Gasteiger partial charge < -0.3 is 10.8 Å². The zero-order valence-corrected chi connectivity index (χ0v) is 10.5. The predicted octanol–water partition coefficient (Wildman–Crippen LogP) is 2.03. The van der Waals surface area contributed by atoms with Crippen LogP contribution in [0, 0.1) is 6.92 Å². The number of pyridine rings is 1. The molecule has 0 aliphatic heterocycles. The van der Waals surface area contributed by atoms with Gasteiger partial charge in [0, 0.05) is 23.6 Å². The van der Waals surface area contributed by atoms with E-state index in [4.69, 9.17) is 5.73 Å². The van der Waals surface area contributed by atoms with Gasteiger partial charge in [0.05, 0.1) is 5.69 Å². The van der Waals surface area contributed by atoms with Crippen LogP contribution in [0.3, 0.4) is 0 Å². The summed E-state index contributed by atoms with van der Waals surface area (Å²) in [6, 6.07) is 0. The second kappa shape index (κ2) is 5.57. The fourth-order valence-electron chi connectivity index (χ4n) is 1.03. The molecule has 0 bridgehead atoms. The van der Waals surface area contributed by atoms with E-state index in [1.54, 1.807) is 13.1 Å². The van der Waals surface area contributed by atoms with Crippen molar-refractivity contribution < 1.29 is 5.11 Å². The number of aromatic hydroxyl groups is 1. The Kier molecular flexibility index (Phi) is 5.51. The van der Waals surface area contributed by atoms with Crippen molar-refractivity contribution in [3.63, 3.8) is 0 Å². The number of alkyl halides is 1. The van der Waals surface area contributed by atoms with Gasteiger partial charge >= 0.3 is 0 Å². The number of aromatic nitrogens is 1. The molecular formula is C8H12Br2N2O. The first kappa shape index (κ1) is 12.9. The van der Waals surface area contributed by atoms with Gasteiger partial charge in [-0.2, -0.15) is 0 Å². The highest BCUT2D eigenvalue weighted by molar-refractivity contribution is 9.08. The van der Waals surface area contributed by atoms with E-state index in [9.17, 15) is 5.11 Å².